The summed E-state index contributed by atoms with van der Waals surface area (Å²) in [4.78, 5) is 16.4. The molecule has 154 valence electrons. The molecule has 1 fully saturated rings. The van der Waals surface area contributed by atoms with Crippen molar-refractivity contribution in [3.63, 3.8) is 0 Å². The molecule has 2 heterocycles. The fourth-order valence-electron chi connectivity index (χ4n) is 3.28. The van der Waals surface area contributed by atoms with Crippen molar-refractivity contribution >= 4 is 11.2 Å². The molecule has 1 saturated carbocycles. The second kappa shape index (κ2) is 6.85. The third-order valence-corrected chi connectivity index (χ3v) is 4.99. The maximum Gasteiger partial charge on any atom is 0.573 e. The Bertz CT molecular complexity index is 1090. The van der Waals surface area contributed by atoms with Crippen molar-refractivity contribution in [3.05, 3.63) is 46.9 Å². The number of aryl methyl sites for hydroxylation is 1. The molecular weight excluding hydrogens is 399 g/mol. The minimum atomic E-state index is -4.79. The van der Waals surface area contributed by atoms with Crippen LogP contribution in [-0.4, -0.2) is 28.3 Å². The van der Waals surface area contributed by atoms with Gasteiger partial charge in [-0.2, -0.15) is 0 Å². The van der Waals surface area contributed by atoms with Crippen LogP contribution in [0.3, 0.4) is 0 Å². The molecule has 0 saturated heterocycles. The van der Waals surface area contributed by atoms with Gasteiger partial charge >= 0.3 is 12.1 Å². The van der Waals surface area contributed by atoms with E-state index < -0.39 is 30.4 Å². The highest BCUT2D eigenvalue weighted by molar-refractivity contribution is 5.73. The van der Waals surface area contributed by atoms with E-state index in [1.54, 1.807) is 6.07 Å². The molecule has 0 N–H and O–H groups in total. The quantitative estimate of drug-likeness (QED) is 0.552. The molecular formula is C19H15F5N2O3. The lowest BCUT2D eigenvalue weighted by Crippen LogP contribution is -2.19. The number of halogens is 5. The normalized spacial score (nSPS) is 21.5. The molecule has 0 bridgehead atoms. The molecule has 4 rings (SSSR count). The number of pyridine rings is 1. The molecule has 0 spiro atoms. The number of fused-ring (bicyclic) bond motifs is 1. The number of alkyl halides is 5. The van der Waals surface area contributed by atoms with E-state index in [9.17, 15) is 26.7 Å². The van der Waals surface area contributed by atoms with E-state index in [2.05, 4.69) is 9.72 Å². The van der Waals surface area contributed by atoms with Crippen LogP contribution >= 0.6 is 0 Å². The molecule has 0 amide bonds. The van der Waals surface area contributed by atoms with Crippen molar-refractivity contribution < 1.29 is 31.1 Å². The molecule has 1 unspecified atom stereocenters. The van der Waals surface area contributed by atoms with Crippen molar-refractivity contribution in [2.24, 2.45) is 5.92 Å². The number of oxazole rings is 1. The van der Waals surface area contributed by atoms with E-state index in [-0.39, 0.29) is 36.4 Å². The van der Waals surface area contributed by atoms with Gasteiger partial charge in [-0.15, -0.1) is 13.2 Å². The molecule has 2 aromatic heterocycles. The average Bonchev–Trinajstić information content (AvgIpc) is 3.21. The van der Waals surface area contributed by atoms with Gasteiger partial charge in [-0.25, -0.2) is 14.2 Å². The van der Waals surface area contributed by atoms with Crippen LogP contribution in [0, 0.1) is 5.92 Å². The maximum atomic E-state index is 14.3. The Balaban J connectivity index is 1.59. The van der Waals surface area contributed by atoms with Crippen LogP contribution in [0.5, 0.6) is 5.75 Å². The number of hydrogen-bond acceptors (Lipinski definition) is 4. The van der Waals surface area contributed by atoms with E-state index in [1.165, 1.54) is 22.8 Å². The molecule has 10 heteroatoms. The summed E-state index contributed by atoms with van der Waals surface area (Å²) in [5.41, 5.74) is -0.369. The lowest BCUT2D eigenvalue weighted by molar-refractivity contribution is -0.274. The lowest BCUT2D eigenvalue weighted by Gasteiger charge is -2.09. The summed E-state index contributed by atoms with van der Waals surface area (Å²) in [7, 11) is 0. The van der Waals surface area contributed by atoms with Crippen molar-refractivity contribution in [3.8, 4) is 17.0 Å². The van der Waals surface area contributed by atoms with Crippen LogP contribution in [0.25, 0.3) is 22.5 Å². The topological polar surface area (TPSA) is 57.3 Å². The summed E-state index contributed by atoms with van der Waals surface area (Å²) in [6.07, 6.45) is -4.70. The molecule has 29 heavy (non-hydrogen) atoms. The largest absolute Gasteiger partial charge is 0.573 e. The third kappa shape index (κ3) is 3.96. The molecule has 3 aromatic rings. The number of ether oxygens (including phenoxy) is 1. The van der Waals surface area contributed by atoms with Crippen molar-refractivity contribution in [2.75, 3.05) is 6.67 Å². The van der Waals surface area contributed by atoms with Gasteiger partial charge in [0.1, 0.15) is 11.4 Å². The monoisotopic (exact) mass is 414 g/mol. The van der Waals surface area contributed by atoms with Crippen LogP contribution < -0.4 is 10.5 Å². The summed E-state index contributed by atoms with van der Waals surface area (Å²) in [6, 6.07) is 8.13. The summed E-state index contributed by atoms with van der Waals surface area (Å²) in [5.74, 6) is -1.72. The summed E-state index contributed by atoms with van der Waals surface area (Å²) >= 11 is 0. The summed E-state index contributed by atoms with van der Waals surface area (Å²) in [5, 5.41) is 0. The summed E-state index contributed by atoms with van der Waals surface area (Å²) in [6.45, 7) is -0.762. The fraction of sp³-hybridized carbons (Fsp3) is 0.368. The van der Waals surface area contributed by atoms with Gasteiger partial charge in [0.25, 0.3) is 0 Å². The Hall–Kier alpha value is -2.91. The number of aromatic nitrogens is 2. The van der Waals surface area contributed by atoms with Crippen molar-refractivity contribution in [2.45, 2.75) is 31.4 Å². The lowest BCUT2D eigenvalue weighted by atomic mass is 10.1. The number of nitrogens with zero attached hydrogens (tertiary/aromatic N) is 2. The maximum absolute atomic E-state index is 14.3. The Labute approximate surface area is 160 Å². The molecule has 0 aliphatic heterocycles. The first-order valence-corrected chi connectivity index (χ1v) is 8.80. The molecule has 1 aromatic carbocycles. The van der Waals surface area contributed by atoms with Gasteiger partial charge in [0.2, 0.25) is 0 Å². The first-order valence-electron chi connectivity index (χ1n) is 8.80. The van der Waals surface area contributed by atoms with E-state index in [4.69, 9.17) is 4.42 Å². The van der Waals surface area contributed by atoms with E-state index in [0.717, 1.165) is 12.1 Å². The first kappa shape index (κ1) is 19.4. The summed E-state index contributed by atoms with van der Waals surface area (Å²) < 4.78 is 73.8. The van der Waals surface area contributed by atoms with Crippen molar-refractivity contribution in [1.29, 1.82) is 0 Å². The van der Waals surface area contributed by atoms with Gasteiger partial charge in [-0.1, -0.05) is 0 Å². The van der Waals surface area contributed by atoms with Gasteiger partial charge in [0.05, 0.1) is 12.4 Å². The smallest absolute Gasteiger partial charge is 0.406 e. The van der Waals surface area contributed by atoms with E-state index >= 15 is 0 Å². The first-order chi connectivity index (χ1) is 13.7. The van der Waals surface area contributed by atoms with Crippen molar-refractivity contribution in [1.82, 2.24) is 9.55 Å². The van der Waals surface area contributed by atoms with Crippen LogP contribution in [-0.2, 0) is 6.54 Å². The van der Waals surface area contributed by atoms with Crippen LogP contribution in [0.1, 0.15) is 12.8 Å². The number of rotatable bonds is 6. The Morgan fingerprint density at radius 2 is 1.93 bits per heavy atom. The standard InChI is InChI=1S/C19H15F5N2O3/c20-10-12-9-18(12,21)7-8-26-16-15(28-17(26)27)6-5-14(25-16)11-1-3-13(4-2-11)29-19(22,23)24/h1-6,12H,7-10H2/t12-,18?/m1/s1. The predicted octanol–water partition coefficient (Wildman–Crippen LogP) is 4.64. The zero-order chi connectivity index (χ0) is 20.8. The average molecular weight is 414 g/mol. The molecule has 2 atom stereocenters. The highest BCUT2D eigenvalue weighted by atomic mass is 19.4. The Morgan fingerprint density at radius 3 is 2.55 bits per heavy atom. The minimum absolute atomic E-state index is 0.0202. The molecule has 5 nitrogen and oxygen atoms in total. The second-order valence-corrected chi connectivity index (χ2v) is 6.95. The van der Waals surface area contributed by atoms with Gasteiger partial charge in [-0.05, 0) is 49.2 Å². The third-order valence-electron chi connectivity index (χ3n) is 4.99. The minimum Gasteiger partial charge on any atom is -0.406 e. The van der Waals surface area contributed by atoms with Gasteiger partial charge in [0, 0.05) is 18.0 Å². The zero-order valence-electron chi connectivity index (χ0n) is 14.9. The van der Waals surface area contributed by atoms with E-state index in [0.29, 0.717) is 11.3 Å². The SMILES string of the molecule is O=c1oc2ccc(-c3ccc(OC(F)(F)F)cc3)nc2n1CCC1(F)C[C@@H]1CF. The van der Waals surface area contributed by atoms with Gasteiger partial charge in [0.15, 0.2) is 11.2 Å². The highest BCUT2D eigenvalue weighted by Crippen LogP contribution is 2.50. The van der Waals surface area contributed by atoms with Crippen LogP contribution in [0.2, 0.25) is 0 Å². The molecule has 0 radical (unpaired) electrons. The number of benzene rings is 1. The Morgan fingerprint density at radius 1 is 1.21 bits per heavy atom. The second-order valence-electron chi connectivity index (χ2n) is 6.95. The van der Waals surface area contributed by atoms with Gasteiger partial charge in [-0.3, -0.25) is 8.96 Å². The predicted molar refractivity (Wildman–Crippen MR) is 92.9 cm³/mol. The zero-order valence-corrected chi connectivity index (χ0v) is 14.9. The highest BCUT2D eigenvalue weighted by Gasteiger charge is 2.54. The Kier molecular flexibility index (Phi) is 4.59. The number of hydrogen-bond donors (Lipinski definition) is 0. The molecule has 1 aliphatic carbocycles. The van der Waals surface area contributed by atoms with Crippen LogP contribution in [0.4, 0.5) is 22.0 Å². The van der Waals surface area contributed by atoms with Crippen LogP contribution in [0.15, 0.2) is 45.6 Å². The van der Waals surface area contributed by atoms with Gasteiger partial charge < -0.3 is 9.15 Å². The van der Waals surface area contributed by atoms with E-state index in [1.807, 2.05) is 0 Å². The fourth-order valence-corrected chi connectivity index (χ4v) is 3.28. The molecule has 1 aliphatic rings.